The quantitative estimate of drug-likeness (QED) is 0.478. The van der Waals surface area contributed by atoms with Crippen LogP contribution in [0.5, 0.6) is 0 Å². The predicted molar refractivity (Wildman–Crippen MR) is 121 cm³/mol. The lowest BCUT2D eigenvalue weighted by molar-refractivity contribution is -0.115. The minimum absolute atomic E-state index is 0.106. The summed E-state index contributed by atoms with van der Waals surface area (Å²) < 4.78 is 0. The first-order chi connectivity index (χ1) is 14.7. The minimum Gasteiger partial charge on any atom is -0.326 e. The summed E-state index contributed by atoms with van der Waals surface area (Å²) in [5, 5.41) is 5.79. The largest absolute Gasteiger partial charge is 0.326 e. The van der Waals surface area contributed by atoms with E-state index in [1.807, 2.05) is 60.0 Å². The second-order valence-electron chi connectivity index (χ2n) is 6.78. The normalized spacial score (nSPS) is 10.2. The Labute approximate surface area is 179 Å². The van der Waals surface area contributed by atoms with Crippen LogP contribution in [-0.4, -0.2) is 15.9 Å². The van der Waals surface area contributed by atoms with Crippen LogP contribution in [0.1, 0.15) is 22.5 Å². The molecule has 0 bridgehead atoms. The molecule has 2 heterocycles. The number of nitrogens with zero attached hydrogens (tertiary/aromatic N) is 2. The third kappa shape index (κ3) is 5.19. The molecule has 0 unspecified atom stereocenters. The van der Waals surface area contributed by atoms with Crippen LogP contribution in [-0.2, 0) is 11.2 Å². The van der Waals surface area contributed by atoms with E-state index in [0.717, 1.165) is 21.8 Å². The molecule has 0 saturated heterocycles. The number of pyridine rings is 1. The van der Waals surface area contributed by atoms with E-state index in [0.29, 0.717) is 11.4 Å². The molecule has 0 fully saturated rings. The van der Waals surface area contributed by atoms with E-state index in [2.05, 4.69) is 46.2 Å². The Morgan fingerprint density at radius 1 is 1.03 bits per heavy atom. The van der Waals surface area contributed by atoms with Crippen LogP contribution in [0.15, 0.2) is 78.3 Å². The fraction of sp³-hybridized carbons (Fsp3) is 0.0800. The molecule has 0 aliphatic heterocycles. The van der Waals surface area contributed by atoms with Gasteiger partial charge in [-0.3, -0.25) is 4.79 Å². The lowest BCUT2D eigenvalue weighted by Gasteiger charge is -2.04. The molecule has 0 atom stereocenters. The van der Waals surface area contributed by atoms with E-state index >= 15 is 0 Å². The summed E-state index contributed by atoms with van der Waals surface area (Å²) in [7, 11) is 0. The number of anilines is 1. The number of carbonyl (C=O) groups is 1. The van der Waals surface area contributed by atoms with Crippen molar-refractivity contribution in [3.8, 4) is 22.4 Å². The molecule has 0 aliphatic rings. The molecule has 2 aromatic heterocycles. The van der Waals surface area contributed by atoms with E-state index in [1.54, 1.807) is 17.5 Å². The zero-order chi connectivity index (χ0) is 20.8. The average Bonchev–Trinajstić information content (AvgIpc) is 3.22. The van der Waals surface area contributed by atoms with Gasteiger partial charge in [0, 0.05) is 28.4 Å². The zero-order valence-electron chi connectivity index (χ0n) is 16.4. The molecule has 1 N–H and O–H groups in total. The molecule has 146 valence electrons. The third-order valence-corrected chi connectivity index (χ3v) is 5.24. The van der Waals surface area contributed by atoms with Gasteiger partial charge in [-0.2, -0.15) is 0 Å². The first-order valence-corrected chi connectivity index (χ1v) is 10.4. The Morgan fingerprint density at radius 3 is 2.77 bits per heavy atom. The third-order valence-electron chi connectivity index (χ3n) is 4.30. The summed E-state index contributed by atoms with van der Waals surface area (Å²) in [6, 6.07) is 21.3. The molecule has 0 saturated carbocycles. The number of thiazole rings is 1. The maximum Gasteiger partial charge on any atom is 0.230 e. The van der Waals surface area contributed by atoms with Crippen LogP contribution in [0.4, 0.5) is 5.69 Å². The van der Waals surface area contributed by atoms with E-state index in [9.17, 15) is 4.79 Å². The zero-order valence-corrected chi connectivity index (χ0v) is 17.2. The van der Waals surface area contributed by atoms with Crippen molar-refractivity contribution in [2.45, 2.75) is 13.3 Å². The van der Waals surface area contributed by atoms with Crippen molar-refractivity contribution < 1.29 is 4.79 Å². The summed E-state index contributed by atoms with van der Waals surface area (Å²) in [6.45, 7) is 2.06. The first-order valence-electron chi connectivity index (χ1n) is 9.50. The van der Waals surface area contributed by atoms with Gasteiger partial charge in [0.2, 0.25) is 5.91 Å². The Hall–Kier alpha value is -3.75. The van der Waals surface area contributed by atoms with Crippen molar-refractivity contribution in [3.05, 3.63) is 101 Å². The topological polar surface area (TPSA) is 54.9 Å². The second kappa shape index (κ2) is 9.17. The molecular weight excluding hydrogens is 390 g/mol. The molecule has 2 aromatic carbocycles. The van der Waals surface area contributed by atoms with Crippen molar-refractivity contribution in [2.75, 3.05) is 5.32 Å². The van der Waals surface area contributed by atoms with Crippen LogP contribution in [0.2, 0.25) is 0 Å². The maximum atomic E-state index is 12.5. The molecule has 0 radical (unpaired) electrons. The van der Waals surface area contributed by atoms with Gasteiger partial charge in [0.1, 0.15) is 10.7 Å². The number of amides is 1. The van der Waals surface area contributed by atoms with Crippen LogP contribution >= 0.6 is 11.3 Å². The summed E-state index contributed by atoms with van der Waals surface area (Å²) >= 11 is 1.55. The molecule has 4 rings (SSSR count). The van der Waals surface area contributed by atoms with Gasteiger partial charge < -0.3 is 5.32 Å². The Morgan fingerprint density at radius 2 is 1.93 bits per heavy atom. The number of aromatic nitrogens is 2. The van der Waals surface area contributed by atoms with Gasteiger partial charge >= 0.3 is 0 Å². The van der Waals surface area contributed by atoms with Crippen LogP contribution in [0.3, 0.4) is 0 Å². The van der Waals surface area contributed by atoms with E-state index in [-0.39, 0.29) is 12.3 Å². The Bertz CT molecular complexity index is 1240. The summed E-state index contributed by atoms with van der Waals surface area (Å²) in [6.07, 6.45) is 1.94. The number of carbonyl (C=O) groups excluding carboxylic acids is 1. The van der Waals surface area contributed by atoms with Crippen molar-refractivity contribution in [1.29, 1.82) is 0 Å². The molecule has 30 heavy (non-hydrogen) atoms. The SMILES string of the molecule is Cc1cccc(-c2nc(CC(=O)Nc3cccc(C#Cc4ccccn4)c3)cs2)c1. The van der Waals surface area contributed by atoms with Gasteiger partial charge in [0.15, 0.2) is 0 Å². The minimum atomic E-state index is -0.106. The Balaban J connectivity index is 1.41. The van der Waals surface area contributed by atoms with E-state index in [4.69, 9.17) is 0 Å². The number of nitrogens with one attached hydrogen (secondary N) is 1. The van der Waals surface area contributed by atoms with Gasteiger partial charge in [-0.25, -0.2) is 9.97 Å². The summed E-state index contributed by atoms with van der Waals surface area (Å²) in [4.78, 5) is 21.3. The van der Waals surface area contributed by atoms with Crippen molar-refractivity contribution in [1.82, 2.24) is 9.97 Å². The van der Waals surface area contributed by atoms with E-state index < -0.39 is 0 Å². The number of rotatable bonds is 4. The number of benzene rings is 2. The van der Waals surface area contributed by atoms with Gasteiger partial charge in [0.25, 0.3) is 0 Å². The molecule has 0 spiro atoms. The fourth-order valence-corrected chi connectivity index (χ4v) is 3.73. The molecule has 0 aliphatic carbocycles. The lowest BCUT2D eigenvalue weighted by atomic mass is 10.1. The van der Waals surface area contributed by atoms with Crippen LogP contribution in [0.25, 0.3) is 10.6 Å². The van der Waals surface area contributed by atoms with E-state index in [1.165, 1.54) is 5.56 Å². The van der Waals surface area contributed by atoms with Crippen LogP contribution in [0, 0.1) is 18.8 Å². The average molecular weight is 410 g/mol. The molecule has 4 aromatic rings. The van der Waals surface area contributed by atoms with Crippen molar-refractivity contribution in [2.24, 2.45) is 0 Å². The fourth-order valence-electron chi connectivity index (χ4n) is 2.92. The number of aryl methyl sites for hydroxylation is 1. The highest BCUT2D eigenvalue weighted by Gasteiger charge is 2.10. The Kier molecular flexibility index (Phi) is 5.98. The standard InChI is InChI=1S/C25H19N3OS/c1-18-6-4-8-20(14-18)25-28-23(17-30-25)16-24(29)27-22-10-5-7-19(15-22)11-12-21-9-2-3-13-26-21/h2-10,13-15,17H,16H2,1H3,(H,27,29). The highest BCUT2D eigenvalue weighted by molar-refractivity contribution is 7.13. The molecule has 1 amide bonds. The maximum absolute atomic E-state index is 12.5. The first kappa shape index (κ1) is 19.6. The number of hydrogen-bond donors (Lipinski definition) is 1. The van der Waals surface area contributed by atoms with Gasteiger partial charge in [0.05, 0.1) is 12.1 Å². The van der Waals surface area contributed by atoms with Crippen LogP contribution < -0.4 is 5.32 Å². The van der Waals surface area contributed by atoms with Crippen molar-refractivity contribution in [3.63, 3.8) is 0 Å². The van der Waals surface area contributed by atoms with Crippen molar-refractivity contribution >= 4 is 22.9 Å². The van der Waals surface area contributed by atoms with Gasteiger partial charge in [-0.05, 0) is 49.2 Å². The predicted octanol–water partition coefficient (Wildman–Crippen LogP) is 5.09. The summed E-state index contributed by atoms with van der Waals surface area (Å²) in [5.41, 5.74) is 5.26. The summed E-state index contributed by atoms with van der Waals surface area (Å²) in [5.74, 6) is 5.99. The second-order valence-corrected chi connectivity index (χ2v) is 7.64. The number of hydrogen-bond acceptors (Lipinski definition) is 4. The highest BCUT2D eigenvalue weighted by Crippen LogP contribution is 2.24. The highest BCUT2D eigenvalue weighted by atomic mass is 32.1. The van der Waals surface area contributed by atoms with Gasteiger partial charge in [-0.15, -0.1) is 11.3 Å². The monoisotopic (exact) mass is 409 g/mol. The lowest BCUT2D eigenvalue weighted by Crippen LogP contribution is -2.14. The van der Waals surface area contributed by atoms with Gasteiger partial charge in [-0.1, -0.05) is 41.8 Å². The smallest absolute Gasteiger partial charge is 0.230 e. The molecule has 4 nitrogen and oxygen atoms in total. The molecular formula is C25H19N3OS. The molecule has 5 heteroatoms.